The molecule has 2 rings (SSSR count). The van der Waals surface area contributed by atoms with Crippen LogP contribution in [0.3, 0.4) is 0 Å². The lowest BCUT2D eigenvalue weighted by Crippen LogP contribution is -2.48. The van der Waals surface area contributed by atoms with Crippen LogP contribution in [0.2, 0.25) is 0 Å². The van der Waals surface area contributed by atoms with Gasteiger partial charge in [0.15, 0.2) is 5.96 Å². The van der Waals surface area contributed by atoms with Crippen LogP contribution in [-0.4, -0.2) is 61.7 Å². The zero-order valence-corrected chi connectivity index (χ0v) is 16.4. The van der Waals surface area contributed by atoms with E-state index in [1.807, 2.05) is 25.1 Å². The lowest BCUT2D eigenvalue weighted by Gasteiger charge is -2.31. The van der Waals surface area contributed by atoms with Gasteiger partial charge in [0.05, 0.1) is 13.2 Å². The van der Waals surface area contributed by atoms with Crippen molar-refractivity contribution < 1.29 is 13.9 Å². The van der Waals surface area contributed by atoms with Crippen LogP contribution in [0.1, 0.15) is 30.9 Å². The lowest BCUT2D eigenvalue weighted by molar-refractivity contribution is 0.0963. The summed E-state index contributed by atoms with van der Waals surface area (Å²) in [7, 11) is 3.80. The van der Waals surface area contributed by atoms with E-state index in [9.17, 15) is 9.18 Å². The second kappa shape index (κ2) is 10.1. The molecule has 1 aliphatic heterocycles. The van der Waals surface area contributed by atoms with E-state index in [1.54, 1.807) is 17.9 Å². The van der Waals surface area contributed by atoms with E-state index in [0.29, 0.717) is 44.3 Å². The molecule has 150 valence electrons. The number of ether oxygens (including phenoxy) is 1. The van der Waals surface area contributed by atoms with Crippen molar-refractivity contribution in [2.24, 2.45) is 10.7 Å². The van der Waals surface area contributed by atoms with E-state index in [1.165, 1.54) is 6.07 Å². The van der Waals surface area contributed by atoms with Gasteiger partial charge in [-0.25, -0.2) is 14.2 Å². The summed E-state index contributed by atoms with van der Waals surface area (Å²) in [5, 5.41) is 3.21. The first-order valence-corrected chi connectivity index (χ1v) is 9.29. The number of carbonyl (C=O) groups excluding carboxylic acids is 1. The maximum Gasteiger partial charge on any atom is 0.409 e. The molecule has 1 fully saturated rings. The molecule has 0 spiro atoms. The Morgan fingerprint density at radius 1 is 1.41 bits per heavy atom. The van der Waals surface area contributed by atoms with Crippen LogP contribution in [0, 0.1) is 5.82 Å². The quantitative estimate of drug-likeness (QED) is 0.583. The van der Waals surface area contributed by atoms with Crippen LogP contribution < -0.4 is 11.1 Å². The number of nitrogens with one attached hydrogen (secondary N) is 1. The zero-order chi connectivity index (χ0) is 19.8. The third-order valence-corrected chi connectivity index (χ3v) is 4.40. The topological polar surface area (TPSA) is 83.2 Å². The van der Waals surface area contributed by atoms with Crippen LogP contribution in [0.5, 0.6) is 0 Å². The molecule has 1 aromatic carbocycles. The maximum absolute atomic E-state index is 13.8. The third-order valence-electron chi connectivity index (χ3n) is 4.40. The second-order valence-electron chi connectivity index (χ2n) is 6.97. The predicted octanol–water partition coefficient (Wildman–Crippen LogP) is 1.91. The largest absolute Gasteiger partial charge is 0.450 e. The Labute approximate surface area is 160 Å². The monoisotopic (exact) mass is 379 g/mol. The molecular formula is C19H30FN5O2. The summed E-state index contributed by atoms with van der Waals surface area (Å²) in [4.78, 5) is 19.7. The van der Waals surface area contributed by atoms with Crippen molar-refractivity contribution in [1.82, 2.24) is 15.1 Å². The number of nitrogens with zero attached hydrogens (tertiary/aromatic N) is 3. The van der Waals surface area contributed by atoms with E-state index < -0.39 is 0 Å². The number of hydrogen-bond donors (Lipinski definition) is 2. The lowest BCUT2D eigenvalue weighted by atomic mass is 10.1. The minimum absolute atomic E-state index is 0.178. The fraction of sp³-hybridized carbons (Fsp3) is 0.579. The zero-order valence-electron chi connectivity index (χ0n) is 16.4. The molecule has 8 heteroatoms. The number of amides is 1. The summed E-state index contributed by atoms with van der Waals surface area (Å²) in [6, 6.07) is 5.20. The Hall–Kier alpha value is -2.35. The minimum atomic E-state index is -0.262. The van der Waals surface area contributed by atoms with E-state index in [0.717, 1.165) is 18.4 Å². The van der Waals surface area contributed by atoms with Crippen LogP contribution in [0.15, 0.2) is 23.2 Å². The van der Waals surface area contributed by atoms with E-state index in [-0.39, 0.29) is 18.0 Å². The molecule has 0 radical (unpaired) electrons. The third kappa shape index (κ3) is 6.71. The average molecular weight is 379 g/mol. The molecule has 7 nitrogen and oxygen atoms in total. The van der Waals surface area contributed by atoms with Gasteiger partial charge in [0.2, 0.25) is 0 Å². The Morgan fingerprint density at radius 3 is 2.74 bits per heavy atom. The summed E-state index contributed by atoms with van der Waals surface area (Å²) in [5.41, 5.74) is 7.55. The maximum atomic E-state index is 13.8. The van der Waals surface area contributed by atoms with Crippen molar-refractivity contribution in [1.29, 1.82) is 0 Å². The Morgan fingerprint density at radius 2 is 2.11 bits per heavy atom. The van der Waals surface area contributed by atoms with Gasteiger partial charge in [-0.2, -0.15) is 0 Å². The molecule has 0 unspecified atom stereocenters. The van der Waals surface area contributed by atoms with Crippen LogP contribution in [0.25, 0.3) is 0 Å². The van der Waals surface area contributed by atoms with Crippen molar-refractivity contribution in [3.63, 3.8) is 0 Å². The molecule has 0 saturated carbocycles. The Bertz CT molecular complexity index is 658. The van der Waals surface area contributed by atoms with Gasteiger partial charge in [0.1, 0.15) is 5.82 Å². The van der Waals surface area contributed by atoms with Crippen molar-refractivity contribution in [2.75, 3.05) is 33.8 Å². The molecule has 0 bridgehead atoms. The fourth-order valence-electron chi connectivity index (χ4n) is 3.04. The molecule has 1 aromatic rings. The molecule has 1 amide bonds. The number of piperidine rings is 1. The fourth-order valence-corrected chi connectivity index (χ4v) is 3.04. The summed E-state index contributed by atoms with van der Waals surface area (Å²) in [6.45, 7) is 4.38. The number of likely N-dealkylation sites (tertiary alicyclic amines) is 1. The minimum Gasteiger partial charge on any atom is -0.450 e. The molecule has 0 aromatic heterocycles. The van der Waals surface area contributed by atoms with E-state index >= 15 is 0 Å². The van der Waals surface area contributed by atoms with Crippen molar-refractivity contribution in [2.45, 2.75) is 38.9 Å². The molecule has 1 saturated heterocycles. The highest BCUT2D eigenvalue weighted by Crippen LogP contribution is 2.14. The molecule has 0 aliphatic carbocycles. The first-order valence-electron chi connectivity index (χ1n) is 9.29. The summed E-state index contributed by atoms with van der Waals surface area (Å²) in [5.74, 6) is 0.152. The normalized spacial score (nSPS) is 15.9. The highest BCUT2D eigenvalue weighted by Gasteiger charge is 2.23. The van der Waals surface area contributed by atoms with Crippen molar-refractivity contribution >= 4 is 12.1 Å². The summed E-state index contributed by atoms with van der Waals surface area (Å²) >= 11 is 0. The number of rotatable bonds is 6. The van der Waals surface area contributed by atoms with E-state index in [2.05, 4.69) is 10.3 Å². The van der Waals surface area contributed by atoms with Gasteiger partial charge in [-0.15, -0.1) is 0 Å². The predicted molar refractivity (Wildman–Crippen MR) is 104 cm³/mol. The van der Waals surface area contributed by atoms with Gasteiger partial charge in [-0.3, -0.25) is 0 Å². The van der Waals surface area contributed by atoms with Gasteiger partial charge in [0, 0.05) is 31.2 Å². The van der Waals surface area contributed by atoms with Gasteiger partial charge in [-0.05, 0) is 51.6 Å². The summed E-state index contributed by atoms with van der Waals surface area (Å²) < 4.78 is 18.9. The molecule has 3 N–H and O–H groups in total. The molecular weight excluding hydrogens is 349 g/mol. The first-order chi connectivity index (χ1) is 12.9. The number of guanidine groups is 1. The first kappa shape index (κ1) is 21.0. The average Bonchev–Trinajstić information content (AvgIpc) is 2.63. The second-order valence-corrected chi connectivity index (χ2v) is 6.97. The SMILES string of the molecule is CCOC(=O)N1CCC(NC(N)=NCc2ccc(F)c(CN(C)C)c2)CC1. The summed E-state index contributed by atoms with van der Waals surface area (Å²) in [6.07, 6.45) is 1.32. The number of carbonyl (C=O) groups is 1. The van der Waals surface area contributed by atoms with Gasteiger partial charge in [0.25, 0.3) is 0 Å². The van der Waals surface area contributed by atoms with Crippen LogP contribution in [0.4, 0.5) is 9.18 Å². The molecule has 0 atom stereocenters. The highest BCUT2D eigenvalue weighted by atomic mass is 19.1. The van der Waals surface area contributed by atoms with Crippen LogP contribution >= 0.6 is 0 Å². The van der Waals surface area contributed by atoms with Crippen molar-refractivity contribution in [3.8, 4) is 0 Å². The van der Waals surface area contributed by atoms with E-state index in [4.69, 9.17) is 10.5 Å². The Balaban J connectivity index is 1.84. The number of benzene rings is 1. The van der Waals surface area contributed by atoms with Crippen LogP contribution in [-0.2, 0) is 17.8 Å². The molecule has 1 aliphatic rings. The van der Waals surface area contributed by atoms with Gasteiger partial charge < -0.3 is 25.6 Å². The number of aliphatic imine (C=N–C) groups is 1. The molecule has 1 heterocycles. The molecule has 27 heavy (non-hydrogen) atoms. The highest BCUT2D eigenvalue weighted by molar-refractivity contribution is 5.78. The van der Waals surface area contributed by atoms with Gasteiger partial charge >= 0.3 is 6.09 Å². The number of halogens is 1. The smallest absolute Gasteiger partial charge is 0.409 e. The van der Waals surface area contributed by atoms with Gasteiger partial charge in [-0.1, -0.05) is 6.07 Å². The standard InChI is InChI=1S/C19H30FN5O2/c1-4-27-19(26)25-9-7-16(8-10-25)23-18(21)22-12-14-5-6-17(20)15(11-14)13-24(2)3/h5-6,11,16H,4,7-10,12-13H2,1-3H3,(H3,21,22,23). The van der Waals surface area contributed by atoms with Crippen molar-refractivity contribution in [3.05, 3.63) is 35.1 Å². The number of hydrogen-bond acceptors (Lipinski definition) is 4. The Kier molecular flexibility index (Phi) is 7.84. The number of nitrogens with two attached hydrogens (primary N) is 1.